The Hall–Kier alpha value is -1.80. The Morgan fingerprint density at radius 3 is 2.58 bits per heavy atom. The van der Waals surface area contributed by atoms with Crippen LogP contribution in [0.1, 0.15) is 32.1 Å². The molecule has 1 saturated carbocycles. The third-order valence-corrected chi connectivity index (χ3v) is 4.91. The molecule has 1 saturated heterocycles. The number of fused-ring (bicyclic) bond motifs is 1. The van der Waals surface area contributed by atoms with E-state index < -0.39 is 29.0 Å². The third-order valence-electron chi connectivity index (χ3n) is 4.91. The monoisotopic (exact) mass is 391 g/mol. The maximum atomic E-state index is 13.5. The summed E-state index contributed by atoms with van der Waals surface area (Å²) in [6.07, 6.45) is 5.25. The van der Waals surface area contributed by atoms with Crippen LogP contribution < -0.4 is 16.0 Å². The minimum atomic E-state index is -1.65. The van der Waals surface area contributed by atoms with Crippen LogP contribution in [-0.4, -0.2) is 30.4 Å². The fourth-order valence-electron chi connectivity index (χ4n) is 3.63. The van der Waals surface area contributed by atoms with Crippen LogP contribution in [0.3, 0.4) is 0 Å². The van der Waals surface area contributed by atoms with E-state index in [2.05, 4.69) is 16.0 Å². The van der Waals surface area contributed by atoms with Crippen molar-refractivity contribution in [2.45, 2.75) is 44.2 Å². The Morgan fingerprint density at radius 1 is 1.12 bits per heavy atom. The Balaban J connectivity index is 0.00000243. The van der Waals surface area contributed by atoms with Crippen molar-refractivity contribution in [2.75, 3.05) is 11.9 Å². The van der Waals surface area contributed by atoms with Crippen LogP contribution in [-0.2, 0) is 9.59 Å². The van der Waals surface area contributed by atoms with Crippen LogP contribution in [0.4, 0.5) is 18.9 Å². The first-order valence-corrected chi connectivity index (χ1v) is 8.43. The van der Waals surface area contributed by atoms with Gasteiger partial charge in [-0.05, 0) is 37.3 Å². The highest BCUT2D eigenvalue weighted by atomic mass is 35.5. The highest BCUT2D eigenvalue weighted by Crippen LogP contribution is 2.33. The fraction of sp³-hybridized carbons (Fsp3) is 0.529. The van der Waals surface area contributed by atoms with Crippen molar-refractivity contribution in [3.05, 3.63) is 29.6 Å². The number of hydrogen-bond donors (Lipinski definition) is 3. The number of hydrogen-bond acceptors (Lipinski definition) is 3. The molecule has 144 valence electrons. The molecule has 2 amide bonds. The molecule has 3 N–H and O–H groups in total. The minimum absolute atomic E-state index is 0. The van der Waals surface area contributed by atoms with E-state index in [0.717, 1.165) is 37.8 Å². The molecular weight excluding hydrogens is 371 g/mol. The second kappa shape index (κ2) is 8.73. The first-order chi connectivity index (χ1) is 12.0. The number of benzene rings is 1. The largest absolute Gasteiger partial charge is 0.346 e. The van der Waals surface area contributed by atoms with Gasteiger partial charge in [-0.1, -0.05) is 12.8 Å². The molecule has 0 radical (unpaired) electrons. The zero-order valence-corrected chi connectivity index (χ0v) is 14.8. The topological polar surface area (TPSA) is 70.2 Å². The minimum Gasteiger partial charge on any atom is -0.346 e. The average molecular weight is 392 g/mol. The van der Waals surface area contributed by atoms with Crippen molar-refractivity contribution in [1.29, 1.82) is 0 Å². The lowest BCUT2D eigenvalue weighted by Gasteiger charge is -2.24. The fourth-order valence-corrected chi connectivity index (χ4v) is 3.63. The van der Waals surface area contributed by atoms with Gasteiger partial charge >= 0.3 is 0 Å². The van der Waals surface area contributed by atoms with E-state index in [1.165, 1.54) is 6.42 Å². The summed E-state index contributed by atoms with van der Waals surface area (Å²) in [5.41, 5.74) is -0.469. The van der Waals surface area contributed by atoms with Crippen molar-refractivity contribution in [1.82, 2.24) is 10.6 Å². The second-order valence-electron chi connectivity index (χ2n) is 6.59. The number of amides is 2. The van der Waals surface area contributed by atoms with Gasteiger partial charge in [-0.3, -0.25) is 9.59 Å². The van der Waals surface area contributed by atoms with E-state index in [1.54, 1.807) is 0 Å². The molecule has 1 heterocycles. The number of carbonyl (C=O) groups is 2. The summed E-state index contributed by atoms with van der Waals surface area (Å²) in [6, 6.07) is 1.67. The maximum Gasteiger partial charge on any atom is 0.243 e. The quantitative estimate of drug-likeness (QED) is 0.691. The molecular formula is C17H21ClF3N3O2. The number of carbonyl (C=O) groups excluding carboxylic acids is 2. The SMILES string of the molecule is Cl.O=C(CNC(=O)C1CC2CCCCC2N1)Nc1ccc(F)c(F)c1F. The predicted molar refractivity (Wildman–Crippen MR) is 92.5 cm³/mol. The van der Waals surface area contributed by atoms with Gasteiger partial charge in [-0.2, -0.15) is 0 Å². The van der Waals surface area contributed by atoms with Crippen molar-refractivity contribution < 1.29 is 22.8 Å². The van der Waals surface area contributed by atoms with Crippen LogP contribution in [0, 0.1) is 23.4 Å². The van der Waals surface area contributed by atoms with Gasteiger partial charge in [0.15, 0.2) is 17.5 Å². The molecule has 0 bridgehead atoms. The number of rotatable bonds is 4. The molecule has 2 aliphatic rings. The molecule has 0 aromatic heterocycles. The molecule has 3 unspecified atom stereocenters. The summed E-state index contributed by atoms with van der Waals surface area (Å²) in [5.74, 6) is -4.96. The van der Waals surface area contributed by atoms with Gasteiger partial charge in [0.2, 0.25) is 11.8 Å². The summed E-state index contributed by atoms with van der Waals surface area (Å²) in [5, 5.41) is 7.91. The van der Waals surface area contributed by atoms with Crippen molar-refractivity contribution >= 4 is 29.9 Å². The summed E-state index contributed by atoms with van der Waals surface area (Å²) < 4.78 is 39.5. The molecule has 26 heavy (non-hydrogen) atoms. The molecule has 1 aliphatic carbocycles. The summed E-state index contributed by atoms with van der Waals surface area (Å²) in [4.78, 5) is 24.0. The molecule has 3 rings (SSSR count). The molecule has 0 spiro atoms. The van der Waals surface area contributed by atoms with Crippen molar-refractivity contribution in [2.24, 2.45) is 5.92 Å². The molecule has 2 fully saturated rings. The third kappa shape index (κ3) is 4.48. The number of nitrogens with one attached hydrogen (secondary N) is 3. The van der Waals surface area contributed by atoms with E-state index in [0.29, 0.717) is 12.0 Å². The Labute approximate surface area is 155 Å². The van der Waals surface area contributed by atoms with Gasteiger partial charge < -0.3 is 16.0 Å². The zero-order valence-electron chi connectivity index (χ0n) is 14.0. The van der Waals surface area contributed by atoms with Crippen LogP contribution in [0.2, 0.25) is 0 Å². The first kappa shape index (κ1) is 20.5. The van der Waals surface area contributed by atoms with Crippen molar-refractivity contribution in [3.8, 4) is 0 Å². The standard InChI is InChI=1S/C17H20F3N3O2.ClH/c18-10-5-6-12(16(20)15(10)19)23-14(24)8-21-17(25)13-7-9-3-1-2-4-11(9)22-13;/h5-6,9,11,13,22H,1-4,7-8H2,(H,21,25)(H,23,24);1H. The van der Waals surface area contributed by atoms with Crippen LogP contribution in [0.25, 0.3) is 0 Å². The molecule has 1 aliphatic heterocycles. The summed E-state index contributed by atoms with van der Waals surface area (Å²) in [6.45, 7) is -0.370. The van der Waals surface area contributed by atoms with Crippen LogP contribution in [0.15, 0.2) is 12.1 Å². The van der Waals surface area contributed by atoms with Gasteiger partial charge in [-0.15, -0.1) is 12.4 Å². The summed E-state index contributed by atoms with van der Waals surface area (Å²) >= 11 is 0. The first-order valence-electron chi connectivity index (χ1n) is 8.43. The van der Waals surface area contributed by atoms with E-state index in [9.17, 15) is 22.8 Å². The van der Waals surface area contributed by atoms with E-state index in [-0.39, 0.29) is 30.9 Å². The lowest BCUT2D eigenvalue weighted by atomic mass is 9.85. The highest BCUT2D eigenvalue weighted by Gasteiger charge is 2.38. The smallest absolute Gasteiger partial charge is 0.243 e. The van der Waals surface area contributed by atoms with Crippen LogP contribution in [0.5, 0.6) is 0 Å². The molecule has 1 aromatic carbocycles. The number of halogens is 4. The van der Waals surface area contributed by atoms with Gasteiger partial charge in [0, 0.05) is 6.04 Å². The van der Waals surface area contributed by atoms with E-state index >= 15 is 0 Å². The van der Waals surface area contributed by atoms with E-state index in [4.69, 9.17) is 0 Å². The van der Waals surface area contributed by atoms with Crippen LogP contribution >= 0.6 is 12.4 Å². The van der Waals surface area contributed by atoms with Crippen molar-refractivity contribution in [3.63, 3.8) is 0 Å². The van der Waals surface area contributed by atoms with E-state index in [1.807, 2.05) is 0 Å². The second-order valence-corrected chi connectivity index (χ2v) is 6.59. The van der Waals surface area contributed by atoms with Gasteiger partial charge in [-0.25, -0.2) is 13.2 Å². The highest BCUT2D eigenvalue weighted by molar-refractivity contribution is 5.95. The molecule has 5 nitrogen and oxygen atoms in total. The summed E-state index contributed by atoms with van der Waals surface area (Å²) in [7, 11) is 0. The lowest BCUT2D eigenvalue weighted by molar-refractivity contribution is -0.125. The average Bonchev–Trinajstić information content (AvgIpc) is 3.04. The zero-order chi connectivity index (χ0) is 18.0. The lowest BCUT2D eigenvalue weighted by Crippen LogP contribution is -2.45. The number of anilines is 1. The molecule has 9 heteroatoms. The van der Waals surface area contributed by atoms with Gasteiger partial charge in [0.1, 0.15) is 0 Å². The predicted octanol–water partition coefficient (Wildman–Crippen LogP) is 2.50. The normalized spacial score (nSPS) is 24.3. The van der Waals surface area contributed by atoms with Gasteiger partial charge in [0.05, 0.1) is 18.3 Å². The molecule has 1 aromatic rings. The Bertz CT molecular complexity index is 675. The Morgan fingerprint density at radius 2 is 1.85 bits per heavy atom. The van der Waals surface area contributed by atoms with Gasteiger partial charge in [0.25, 0.3) is 0 Å². The molecule has 3 atom stereocenters. The Kier molecular flexibility index (Phi) is 6.88. The maximum absolute atomic E-state index is 13.5.